The minimum atomic E-state index is -0.639. The Morgan fingerprint density at radius 1 is 1.16 bits per heavy atom. The van der Waals surface area contributed by atoms with E-state index in [9.17, 15) is 24.6 Å². The van der Waals surface area contributed by atoms with Gasteiger partial charge in [0.1, 0.15) is 23.2 Å². The van der Waals surface area contributed by atoms with Crippen molar-refractivity contribution in [3.8, 4) is 17.6 Å². The number of ether oxygens (including phenoxy) is 1. The van der Waals surface area contributed by atoms with E-state index >= 15 is 0 Å². The summed E-state index contributed by atoms with van der Waals surface area (Å²) in [5.74, 6) is -0.890. The van der Waals surface area contributed by atoms with Gasteiger partial charge in [-0.2, -0.15) is 5.26 Å². The Hall–Kier alpha value is -4.51. The summed E-state index contributed by atoms with van der Waals surface area (Å²) in [5, 5.41) is 23.7. The van der Waals surface area contributed by atoms with Gasteiger partial charge >= 0.3 is 5.69 Å². The number of nitro benzene ring substituents is 1. The third-order valence-corrected chi connectivity index (χ3v) is 4.54. The number of amides is 1. The highest BCUT2D eigenvalue weighted by atomic mass is 19.1. The van der Waals surface area contributed by atoms with E-state index in [2.05, 4.69) is 5.32 Å². The van der Waals surface area contributed by atoms with Crippen molar-refractivity contribution in [1.82, 2.24) is 5.32 Å². The molecule has 0 aliphatic rings. The van der Waals surface area contributed by atoms with Crippen LogP contribution in [0.15, 0.2) is 78.4 Å². The molecule has 0 bridgehead atoms. The van der Waals surface area contributed by atoms with Gasteiger partial charge in [0, 0.05) is 6.07 Å². The van der Waals surface area contributed by atoms with E-state index in [4.69, 9.17) is 4.74 Å². The minimum absolute atomic E-state index is 0.0561. The van der Waals surface area contributed by atoms with E-state index in [1.165, 1.54) is 48.5 Å². The second-order valence-electron chi connectivity index (χ2n) is 6.82. The summed E-state index contributed by atoms with van der Waals surface area (Å²) in [6.45, 7) is 1.79. The molecule has 1 atom stereocenters. The van der Waals surface area contributed by atoms with Gasteiger partial charge in [-0.25, -0.2) is 4.39 Å². The van der Waals surface area contributed by atoms with E-state index in [1.54, 1.807) is 6.92 Å². The van der Waals surface area contributed by atoms with Gasteiger partial charge in [-0.3, -0.25) is 14.9 Å². The van der Waals surface area contributed by atoms with Crippen molar-refractivity contribution in [2.45, 2.75) is 13.0 Å². The second-order valence-corrected chi connectivity index (χ2v) is 6.82. The molecule has 0 aliphatic heterocycles. The first kappa shape index (κ1) is 22.2. The number of hydrogen-bond donors (Lipinski definition) is 1. The van der Waals surface area contributed by atoms with E-state index in [0.717, 1.165) is 5.56 Å². The highest BCUT2D eigenvalue weighted by molar-refractivity contribution is 6.02. The summed E-state index contributed by atoms with van der Waals surface area (Å²) in [7, 11) is 0. The van der Waals surface area contributed by atoms with Crippen molar-refractivity contribution in [2.24, 2.45) is 0 Å². The Morgan fingerprint density at radius 3 is 2.47 bits per heavy atom. The second kappa shape index (κ2) is 10.00. The van der Waals surface area contributed by atoms with Gasteiger partial charge in [-0.15, -0.1) is 0 Å². The van der Waals surface area contributed by atoms with Crippen LogP contribution in [0, 0.1) is 27.3 Å². The number of carbonyl (C=O) groups excluding carboxylic acids is 1. The molecular formula is C24H18FN3O4. The van der Waals surface area contributed by atoms with Gasteiger partial charge in [0.15, 0.2) is 0 Å². The van der Waals surface area contributed by atoms with E-state index in [-0.39, 0.29) is 34.4 Å². The van der Waals surface area contributed by atoms with Crippen molar-refractivity contribution < 1.29 is 18.8 Å². The molecule has 1 unspecified atom stereocenters. The molecule has 8 heteroatoms. The standard InChI is InChI=1S/C24H18FN3O4/c1-16(18-5-3-2-4-6-18)27-24(29)19(15-26)13-17-7-12-23(22(14-17)28(30)31)32-21-10-8-20(25)9-11-21/h2-14,16H,1H3,(H,27,29)/b19-13-. The Morgan fingerprint density at radius 2 is 1.84 bits per heavy atom. The molecule has 1 N–H and O–H groups in total. The fourth-order valence-electron chi connectivity index (χ4n) is 2.90. The molecule has 160 valence electrons. The zero-order valence-electron chi connectivity index (χ0n) is 17.0. The van der Waals surface area contributed by atoms with Crippen molar-refractivity contribution in [3.63, 3.8) is 0 Å². The van der Waals surface area contributed by atoms with Crippen LogP contribution in [0.1, 0.15) is 24.1 Å². The summed E-state index contributed by atoms with van der Waals surface area (Å²) in [5.41, 5.74) is 0.589. The molecule has 7 nitrogen and oxygen atoms in total. The van der Waals surface area contributed by atoms with E-state index in [1.807, 2.05) is 36.4 Å². The van der Waals surface area contributed by atoms with Crippen LogP contribution in [0.25, 0.3) is 6.08 Å². The molecule has 0 spiro atoms. The molecule has 0 saturated heterocycles. The fourth-order valence-corrected chi connectivity index (χ4v) is 2.90. The maximum atomic E-state index is 13.1. The highest BCUT2D eigenvalue weighted by Crippen LogP contribution is 2.33. The van der Waals surface area contributed by atoms with Crippen molar-refractivity contribution in [2.75, 3.05) is 0 Å². The third-order valence-electron chi connectivity index (χ3n) is 4.54. The van der Waals surface area contributed by atoms with Crippen LogP contribution in [0.5, 0.6) is 11.5 Å². The Kier molecular flexibility index (Phi) is 6.93. The zero-order valence-corrected chi connectivity index (χ0v) is 17.0. The lowest BCUT2D eigenvalue weighted by Gasteiger charge is -2.13. The van der Waals surface area contributed by atoms with Crippen molar-refractivity contribution >= 4 is 17.7 Å². The number of nitro groups is 1. The van der Waals surface area contributed by atoms with Gasteiger partial charge in [0.05, 0.1) is 11.0 Å². The molecule has 0 radical (unpaired) electrons. The van der Waals surface area contributed by atoms with Crippen molar-refractivity contribution in [1.29, 1.82) is 5.26 Å². The van der Waals surface area contributed by atoms with Gasteiger partial charge < -0.3 is 10.1 Å². The number of hydrogen-bond acceptors (Lipinski definition) is 5. The molecule has 3 aromatic rings. The average molecular weight is 431 g/mol. The van der Waals surface area contributed by atoms with Crippen LogP contribution in [-0.4, -0.2) is 10.8 Å². The topological polar surface area (TPSA) is 105 Å². The maximum absolute atomic E-state index is 13.1. The average Bonchev–Trinajstić information content (AvgIpc) is 2.80. The fraction of sp³-hybridized carbons (Fsp3) is 0.0833. The number of carbonyl (C=O) groups is 1. The molecule has 3 aromatic carbocycles. The lowest BCUT2D eigenvalue weighted by molar-refractivity contribution is -0.385. The lowest BCUT2D eigenvalue weighted by Crippen LogP contribution is -2.27. The monoisotopic (exact) mass is 431 g/mol. The first-order valence-corrected chi connectivity index (χ1v) is 9.57. The van der Waals surface area contributed by atoms with Crippen LogP contribution in [0.3, 0.4) is 0 Å². The summed E-state index contributed by atoms with van der Waals surface area (Å²) in [6, 6.07) is 19.8. The molecule has 1 amide bonds. The number of benzene rings is 3. The number of nitrogens with one attached hydrogen (secondary N) is 1. The van der Waals surface area contributed by atoms with Crippen LogP contribution >= 0.6 is 0 Å². The largest absolute Gasteiger partial charge is 0.450 e. The van der Waals surface area contributed by atoms with Crippen LogP contribution < -0.4 is 10.1 Å². The van der Waals surface area contributed by atoms with Gasteiger partial charge in [0.2, 0.25) is 5.75 Å². The van der Waals surface area contributed by atoms with Gasteiger partial charge in [-0.05, 0) is 54.5 Å². The Labute approximate surface area is 183 Å². The maximum Gasteiger partial charge on any atom is 0.312 e. The predicted molar refractivity (Wildman–Crippen MR) is 116 cm³/mol. The number of nitrogens with zero attached hydrogens (tertiary/aromatic N) is 2. The molecule has 32 heavy (non-hydrogen) atoms. The summed E-state index contributed by atoms with van der Waals surface area (Å²) in [6.07, 6.45) is 1.27. The number of rotatable bonds is 7. The third kappa shape index (κ3) is 5.55. The van der Waals surface area contributed by atoms with E-state index < -0.39 is 16.6 Å². The molecule has 3 rings (SSSR count). The Bertz CT molecular complexity index is 1200. The first-order chi connectivity index (χ1) is 15.4. The molecular weight excluding hydrogens is 413 g/mol. The molecule has 0 heterocycles. The lowest BCUT2D eigenvalue weighted by atomic mass is 10.1. The SMILES string of the molecule is CC(NC(=O)/C(C#N)=C\c1ccc(Oc2ccc(F)cc2)c([N+](=O)[O-])c1)c1ccccc1. The zero-order chi connectivity index (χ0) is 23.1. The predicted octanol–water partition coefficient (Wildman–Crippen LogP) is 5.31. The summed E-state index contributed by atoms with van der Waals surface area (Å²) < 4.78 is 18.5. The van der Waals surface area contributed by atoms with Crippen molar-refractivity contribution in [3.05, 3.63) is 105 Å². The first-order valence-electron chi connectivity index (χ1n) is 9.57. The smallest absolute Gasteiger partial charge is 0.312 e. The summed E-state index contributed by atoms with van der Waals surface area (Å²) >= 11 is 0. The van der Waals surface area contributed by atoms with Crippen LogP contribution in [0.4, 0.5) is 10.1 Å². The molecule has 0 saturated carbocycles. The van der Waals surface area contributed by atoms with E-state index in [0.29, 0.717) is 0 Å². The number of nitriles is 1. The van der Waals surface area contributed by atoms with Crippen LogP contribution in [0.2, 0.25) is 0 Å². The quantitative estimate of drug-likeness (QED) is 0.236. The van der Waals surface area contributed by atoms with Crippen LogP contribution in [-0.2, 0) is 4.79 Å². The van der Waals surface area contributed by atoms with Gasteiger partial charge in [0.25, 0.3) is 5.91 Å². The number of halogens is 1. The van der Waals surface area contributed by atoms with Gasteiger partial charge in [-0.1, -0.05) is 36.4 Å². The molecule has 0 aliphatic carbocycles. The normalized spacial score (nSPS) is 11.8. The summed E-state index contributed by atoms with van der Waals surface area (Å²) in [4.78, 5) is 23.4. The molecule has 0 fully saturated rings. The molecule has 0 aromatic heterocycles. The minimum Gasteiger partial charge on any atom is -0.450 e. The highest BCUT2D eigenvalue weighted by Gasteiger charge is 2.18. The Balaban J connectivity index is 1.83.